The van der Waals surface area contributed by atoms with Gasteiger partial charge in [-0.2, -0.15) is 0 Å². The summed E-state index contributed by atoms with van der Waals surface area (Å²) in [6, 6.07) is 11.6. The lowest BCUT2D eigenvalue weighted by atomic mass is 10.1. The Labute approximate surface area is 121 Å². The first-order valence-corrected chi connectivity index (χ1v) is 6.90. The first-order valence-electron chi connectivity index (χ1n) is 6.11. The number of hydrogen-bond acceptors (Lipinski definition) is 2. The number of halogens is 1. The fourth-order valence-corrected chi connectivity index (χ4v) is 2.20. The Kier molecular flexibility index (Phi) is 4.32. The fourth-order valence-electron chi connectivity index (χ4n) is 1.77. The summed E-state index contributed by atoms with van der Waals surface area (Å²) in [6.07, 6.45) is 2.61. The number of aryl methyl sites for hydroxylation is 1. The molecule has 19 heavy (non-hydrogen) atoms. The first kappa shape index (κ1) is 13.7. The molecule has 4 heteroatoms. The predicted molar refractivity (Wildman–Crippen MR) is 80.5 cm³/mol. The van der Waals surface area contributed by atoms with Crippen LogP contribution in [0.4, 0.5) is 5.69 Å². The van der Waals surface area contributed by atoms with Crippen molar-refractivity contribution >= 4 is 27.5 Å². The van der Waals surface area contributed by atoms with E-state index in [-0.39, 0.29) is 5.91 Å². The van der Waals surface area contributed by atoms with Crippen LogP contribution in [0.2, 0.25) is 0 Å². The first-order chi connectivity index (χ1) is 9.13. The second kappa shape index (κ2) is 5.97. The molecule has 98 valence electrons. The smallest absolute Gasteiger partial charge is 0.277 e. The topological polar surface area (TPSA) is 33.2 Å². The summed E-state index contributed by atoms with van der Waals surface area (Å²) in [6.45, 7) is 2.11. The molecule has 1 aromatic carbocycles. The number of carbonyl (C=O) groups is 1. The Morgan fingerprint density at radius 3 is 2.53 bits per heavy atom. The van der Waals surface area contributed by atoms with Crippen LogP contribution in [-0.4, -0.2) is 17.9 Å². The molecule has 2 rings (SSSR count). The zero-order valence-electron chi connectivity index (χ0n) is 10.9. The summed E-state index contributed by atoms with van der Waals surface area (Å²) >= 11 is 3.35. The normalized spacial score (nSPS) is 10.3. The third-order valence-electron chi connectivity index (χ3n) is 3.00. The van der Waals surface area contributed by atoms with Crippen LogP contribution in [0.15, 0.2) is 47.1 Å². The number of rotatable bonds is 3. The largest absolute Gasteiger partial charge is 0.310 e. The number of anilines is 1. The maximum absolute atomic E-state index is 12.4. The molecule has 0 radical (unpaired) electrons. The van der Waals surface area contributed by atoms with Crippen molar-refractivity contribution in [1.29, 1.82) is 0 Å². The van der Waals surface area contributed by atoms with Crippen molar-refractivity contribution in [2.75, 3.05) is 11.9 Å². The average molecular weight is 319 g/mol. The molecule has 1 amide bonds. The molecule has 1 heterocycles. The number of aromatic nitrogens is 1. The molecule has 0 N–H and O–H groups in total. The summed E-state index contributed by atoms with van der Waals surface area (Å²) in [5.74, 6) is -0.128. The summed E-state index contributed by atoms with van der Waals surface area (Å²) in [5, 5.41) is 0. The van der Waals surface area contributed by atoms with Gasteiger partial charge in [0.05, 0.1) is 0 Å². The molecule has 0 aliphatic rings. The summed E-state index contributed by atoms with van der Waals surface area (Å²) in [7, 11) is 1.75. The molecule has 0 saturated carbocycles. The molecule has 0 spiro atoms. The highest BCUT2D eigenvalue weighted by Crippen LogP contribution is 2.20. The van der Waals surface area contributed by atoms with Crippen molar-refractivity contribution in [1.82, 2.24) is 4.98 Å². The van der Waals surface area contributed by atoms with E-state index in [1.54, 1.807) is 24.2 Å². The van der Waals surface area contributed by atoms with Crippen molar-refractivity contribution in [3.8, 4) is 0 Å². The van der Waals surface area contributed by atoms with Gasteiger partial charge in [-0.3, -0.25) is 4.79 Å². The van der Waals surface area contributed by atoms with Crippen LogP contribution >= 0.6 is 15.9 Å². The maximum Gasteiger partial charge on any atom is 0.277 e. The van der Waals surface area contributed by atoms with Gasteiger partial charge >= 0.3 is 0 Å². The SMILES string of the molecule is CCc1ccc(N(C)C(=O)c2ncccc2Br)cc1. The van der Waals surface area contributed by atoms with E-state index >= 15 is 0 Å². The third-order valence-corrected chi connectivity index (χ3v) is 3.64. The highest BCUT2D eigenvalue weighted by Gasteiger charge is 2.17. The zero-order valence-corrected chi connectivity index (χ0v) is 12.5. The van der Waals surface area contributed by atoms with E-state index in [0.29, 0.717) is 10.2 Å². The number of pyridine rings is 1. The van der Waals surface area contributed by atoms with Crippen LogP contribution in [0.5, 0.6) is 0 Å². The molecule has 0 unspecified atom stereocenters. The highest BCUT2D eigenvalue weighted by molar-refractivity contribution is 9.10. The average Bonchev–Trinajstić information content (AvgIpc) is 2.46. The third kappa shape index (κ3) is 3.01. The quantitative estimate of drug-likeness (QED) is 0.864. The number of amides is 1. The molecular formula is C15H15BrN2O. The van der Waals surface area contributed by atoms with Crippen LogP contribution in [0.3, 0.4) is 0 Å². The lowest BCUT2D eigenvalue weighted by Crippen LogP contribution is -2.27. The van der Waals surface area contributed by atoms with Gasteiger partial charge in [-0.25, -0.2) is 4.98 Å². The van der Waals surface area contributed by atoms with Crippen molar-refractivity contribution in [3.63, 3.8) is 0 Å². The standard InChI is InChI=1S/C15H15BrN2O/c1-3-11-6-8-12(9-7-11)18(2)15(19)14-13(16)5-4-10-17-14/h4-10H,3H2,1-2H3. The molecule has 2 aromatic rings. The molecule has 0 saturated heterocycles. The van der Waals surface area contributed by atoms with Crippen LogP contribution in [0.25, 0.3) is 0 Å². The minimum absolute atomic E-state index is 0.128. The Hall–Kier alpha value is -1.68. The molecule has 0 aliphatic carbocycles. The van der Waals surface area contributed by atoms with E-state index in [2.05, 4.69) is 27.8 Å². The zero-order chi connectivity index (χ0) is 13.8. The van der Waals surface area contributed by atoms with E-state index in [1.165, 1.54) is 5.56 Å². The van der Waals surface area contributed by atoms with Gasteiger partial charge in [0.25, 0.3) is 5.91 Å². The van der Waals surface area contributed by atoms with E-state index < -0.39 is 0 Å². The molecule has 3 nitrogen and oxygen atoms in total. The molecular weight excluding hydrogens is 304 g/mol. The van der Waals surface area contributed by atoms with E-state index in [9.17, 15) is 4.79 Å². The lowest BCUT2D eigenvalue weighted by molar-refractivity contribution is 0.0987. The number of nitrogens with zero attached hydrogens (tertiary/aromatic N) is 2. The van der Waals surface area contributed by atoms with Gasteiger partial charge < -0.3 is 4.90 Å². The van der Waals surface area contributed by atoms with Crippen molar-refractivity contribution in [3.05, 3.63) is 58.3 Å². The van der Waals surface area contributed by atoms with Gasteiger partial charge in [0.1, 0.15) is 5.69 Å². The number of benzene rings is 1. The Morgan fingerprint density at radius 2 is 1.95 bits per heavy atom. The Balaban J connectivity index is 2.26. The summed E-state index contributed by atoms with van der Waals surface area (Å²) in [4.78, 5) is 18.1. The predicted octanol–water partition coefficient (Wildman–Crippen LogP) is 3.68. The minimum Gasteiger partial charge on any atom is -0.310 e. The van der Waals surface area contributed by atoms with Gasteiger partial charge in [0, 0.05) is 23.4 Å². The Bertz CT molecular complexity index is 581. The summed E-state index contributed by atoms with van der Waals surface area (Å²) < 4.78 is 0.706. The van der Waals surface area contributed by atoms with Gasteiger partial charge in [-0.05, 0) is 52.2 Å². The van der Waals surface area contributed by atoms with E-state index in [4.69, 9.17) is 0 Å². The van der Waals surface area contributed by atoms with E-state index in [0.717, 1.165) is 12.1 Å². The van der Waals surface area contributed by atoms with Crippen molar-refractivity contribution < 1.29 is 4.79 Å². The minimum atomic E-state index is -0.128. The van der Waals surface area contributed by atoms with Crippen LogP contribution in [-0.2, 0) is 6.42 Å². The molecule has 0 aliphatic heterocycles. The fraction of sp³-hybridized carbons (Fsp3) is 0.200. The highest BCUT2D eigenvalue weighted by atomic mass is 79.9. The van der Waals surface area contributed by atoms with Crippen molar-refractivity contribution in [2.24, 2.45) is 0 Å². The van der Waals surface area contributed by atoms with Gasteiger partial charge in [-0.15, -0.1) is 0 Å². The lowest BCUT2D eigenvalue weighted by Gasteiger charge is -2.17. The van der Waals surface area contributed by atoms with Crippen LogP contribution in [0, 0.1) is 0 Å². The van der Waals surface area contributed by atoms with Gasteiger partial charge in [-0.1, -0.05) is 19.1 Å². The second-order valence-electron chi connectivity index (χ2n) is 4.22. The summed E-state index contributed by atoms with van der Waals surface area (Å²) in [5.41, 5.74) is 2.54. The molecule has 0 fully saturated rings. The second-order valence-corrected chi connectivity index (χ2v) is 5.07. The monoisotopic (exact) mass is 318 g/mol. The Morgan fingerprint density at radius 1 is 1.26 bits per heavy atom. The van der Waals surface area contributed by atoms with Gasteiger partial charge in [0.15, 0.2) is 0 Å². The van der Waals surface area contributed by atoms with E-state index in [1.807, 2.05) is 30.3 Å². The van der Waals surface area contributed by atoms with Crippen LogP contribution in [0.1, 0.15) is 23.0 Å². The number of carbonyl (C=O) groups excluding carboxylic acids is 1. The number of hydrogen-bond donors (Lipinski definition) is 0. The molecule has 0 atom stereocenters. The van der Waals surface area contributed by atoms with Crippen LogP contribution < -0.4 is 4.90 Å². The van der Waals surface area contributed by atoms with Crippen molar-refractivity contribution in [2.45, 2.75) is 13.3 Å². The maximum atomic E-state index is 12.4. The molecule has 0 bridgehead atoms. The molecule has 1 aromatic heterocycles. The van der Waals surface area contributed by atoms with Gasteiger partial charge in [0.2, 0.25) is 0 Å².